The number of rotatable bonds is 3. The molecule has 0 saturated heterocycles. The van der Waals surface area contributed by atoms with Gasteiger partial charge in [0.25, 0.3) is 0 Å². The van der Waals surface area contributed by atoms with E-state index in [1.54, 1.807) is 0 Å². The lowest BCUT2D eigenvalue weighted by Gasteiger charge is -2.37. The van der Waals surface area contributed by atoms with Gasteiger partial charge in [-0.25, -0.2) is 0 Å². The Labute approximate surface area is 90.6 Å². The molecule has 4 nitrogen and oxygen atoms in total. The summed E-state index contributed by atoms with van der Waals surface area (Å²) in [6.07, 6.45) is 4.11. The van der Waals surface area contributed by atoms with E-state index in [4.69, 9.17) is 5.73 Å². The van der Waals surface area contributed by atoms with Gasteiger partial charge in [-0.3, -0.25) is 9.59 Å². The molecule has 0 aliphatic heterocycles. The van der Waals surface area contributed by atoms with Crippen LogP contribution in [-0.4, -0.2) is 17.9 Å². The van der Waals surface area contributed by atoms with Crippen molar-refractivity contribution < 1.29 is 9.59 Å². The van der Waals surface area contributed by atoms with Gasteiger partial charge in [0.2, 0.25) is 11.8 Å². The molecule has 1 aliphatic rings. The maximum Gasteiger partial charge on any atom is 0.223 e. The van der Waals surface area contributed by atoms with Gasteiger partial charge in [-0.1, -0.05) is 6.92 Å². The molecular weight excluding hydrogens is 192 g/mol. The number of nitrogens with one attached hydrogen (secondary N) is 1. The van der Waals surface area contributed by atoms with E-state index < -0.39 is 0 Å². The van der Waals surface area contributed by atoms with Crippen molar-refractivity contribution in [2.75, 3.05) is 0 Å². The van der Waals surface area contributed by atoms with Crippen LogP contribution >= 0.6 is 0 Å². The summed E-state index contributed by atoms with van der Waals surface area (Å²) in [4.78, 5) is 22.2. The van der Waals surface area contributed by atoms with Crippen LogP contribution < -0.4 is 11.1 Å². The number of primary amides is 1. The van der Waals surface area contributed by atoms with E-state index in [1.165, 1.54) is 6.92 Å². The van der Waals surface area contributed by atoms with Crippen molar-refractivity contribution >= 4 is 11.8 Å². The van der Waals surface area contributed by atoms with Gasteiger partial charge in [0, 0.05) is 18.4 Å². The van der Waals surface area contributed by atoms with E-state index >= 15 is 0 Å². The second-order valence-electron chi connectivity index (χ2n) is 4.47. The minimum atomic E-state index is -0.324. The summed E-state index contributed by atoms with van der Waals surface area (Å²) in [5, 5.41) is 2.89. The average molecular weight is 212 g/mol. The van der Waals surface area contributed by atoms with Gasteiger partial charge in [0.05, 0.1) is 0 Å². The fraction of sp³-hybridized carbons (Fsp3) is 0.818. The highest BCUT2D eigenvalue weighted by Crippen LogP contribution is 2.38. The molecular formula is C11H20N2O2. The van der Waals surface area contributed by atoms with Crippen molar-refractivity contribution in [3.63, 3.8) is 0 Å². The van der Waals surface area contributed by atoms with Gasteiger partial charge in [0.15, 0.2) is 0 Å². The zero-order valence-corrected chi connectivity index (χ0v) is 9.51. The van der Waals surface area contributed by atoms with Crippen molar-refractivity contribution in [1.82, 2.24) is 5.32 Å². The Morgan fingerprint density at radius 3 is 2.27 bits per heavy atom. The summed E-state index contributed by atoms with van der Waals surface area (Å²) >= 11 is 0. The van der Waals surface area contributed by atoms with Gasteiger partial charge in [0.1, 0.15) is 0 Å². The summed E-state index contributed by atoms with van der Waals surface area (Å²) in [6.45, 7) is 3.53. The summed E-state index contributed by atoms with van der Waals surface area (Å²) in [6, 6.07) is 0.224. The molecule has 0 heterocycles. The van der Waals surface area contributed by atoms with Crippen LogP contribution in [0.3, 0.4) is 0 Å². The Hall–Kier alpha value is -1.06. The predicted octanol–water partition coefficient (Wildman–Crippen LogP) is 0.947. The number of carbonyl (C=O) groups is 2. The van der Waals surface area contributed by atoms with Crippen LogP contribution in [0.25, 0.3) is 0 Å². The van der Waals surface area contributed by atoms with Crippen LogP contribution in [0, 0.1) is 5.41 Å². The first-order valence-electron chi connectivity index (χ1n) is 5.57. The molecule has 0 bridgehead atoms. The van der Waals surface area contributed by atoms with E-state index in [0.29, 0.717) is 0 Å². The molecule has 2 amide bonds. The first kappa shape index (κ1) is 12.0. The molecule has 0 aromatic rings. The minimum Gasteiger partial charge on any atom is -0.369 e. The third-order valence-corrected chi connectivity index (χ3v) is 3.55. The Bertz CT molecular complexity index is 255. The molecule has 0 aromatic heterocycles. The molecule has 0 unspecified atom stereocenters. The molecule has 0 spiro atoms. The Balaban J connectivity index is 2.53. The van der Waals surface area contributed by atoms with E-state index in [0.717, 1.165) is 32.1 Å². The largest absolute Gasteiger partial charge is 0.369 e. The summed E-state index contributed by atoms with van der Waals surface area (Å²) in [5.41, 5.74) is 5.11. The highest BCUT2D eigenvalue weighted by atomic mass is 16.2. The van der Waals surface area contributed by atoms with Crippen LogP contribution in [-0.2, 0) is 9.59 Å². The third kappa shape index (κ3) is 2.70. The van der Waals surface area contributed by atoms with Crippen molar-refractivity contribution in [1.29, 1.82) is 0 Å². The smallest absolute Gasteiger partial charge is 0.223 e. The summed E-state index contributed by atoms with van der Waals surface area (Å²) in [7, 11) is 0. The van der Waals surface area contributed by atoms with Crippen LogP contribution in [0.5, 0.6) is 0 Å². The van der Waals surface area contributed by atoms with Crippen molar-refractivity contribution in [3.8, 4) is 0 Å². The molecule has 15 heavy (non-hydrogen) atoms. The molecule has 0 aromatic carbocycles. The van der Waals surface area contributed by atoms with Gasteiger partial charge < -0.3 is 11.1 Å². The second kappa shape index (κ2) is 4.64. The number of amides is 2. The Kier molecular flexibility index (Phi) is 3.72. The maximum atomic E-state index is 11.4. The van der Waals surface area contributed by atoms with Crippen molar-refractivity contribution in [2.24, 2.45) is 11.1 Å². The monoisotopic (exact) mass is 212 g/mol. The molecule has 0 atom stereocenters. The first-order valence-corrected chi connectivity index (χ1v) is 5.57. The number of nitrogens with two attached hydrogens (primary N) is 1. The Morgan fingerprint density at radius 2 is 1.93 bits per heavy atom. The van der Waals surface area contributed by atoms with Gasteiger partial charge in [-0.2, -0.15) is 0 Å². The predicted molar refractivity (Wildman–Crippen MR) is 58.0 cm³/mol. The van der Waals surface area contributed by atoms with Crippen LogP contribution in [0.4, 0.5) is 0 Å². The molecule has 1 aliphatic carbocycles. The Morgan fingerprint density at radius 1 is 1.40 bits per heavy atom. The van der Waals surface area contributed by atoms with Crippen molar-refractivity contribution in [3.05, 3.63) is 0 Å². The van der Waals surface area contributed by atoms with Crippen LogP contribution in [0.2, 0.25) is 0 Å². The number of carbonyl (C=O) groups excluding carboxylic acids is 2. The standard InChI is InChI=1S/C11H20N2O2/c1-3-11(10(12)15)6-4-9(5-7-11)13-8(2)14/h9H,3-7H2,1-2H3,(H2,12,15)(H,13,14). The highest BCUT2D eigenvalue weighted by molar-refractivity contribution is 5.81. The fourth-order valence-corrected chi connectivity index (χ4v) is 2.38. The van der Waals surface area contributed by atoms with E-state index in [1.807, 2.05) is 6.92 Å². The third-order valence-electron chi connectivity index (χ3n) is 3.55. The van der Waals surface area contributed by atoms with E-state index in [9.17, 15) is 9.59 Å². The normalized spacial score (nSPS) is 30.9. The molecule has 0 radical (unpaired) electrons. The van der Waals surface area contributed by atoms with Crippen molar-refractivity contribution in [2.45, 2.75) is 52.0 Å². The maximum absolute atomic E-state index is 11.4. The zero-order chi connectivity index (χ0) is 11.5. The average Bonchev–Trinajstić information content (AvgIpc) is 2.18. The first-order chi connectivity index (χ1) is 7.00. The van der Waals surface area contributed by atoms with Crippen LogP contribution in [0.1, 0.15) is 46.0 Å². The number of hydrogen-bond acceptors (Lipinski definition) is 2. The zero-order valence-electron chi connectivity index (χ0n) is 9.51. The number of hydrogen-bond donors (Lipinski definition) is 2. The lowest BCUT2D eigenvalue weighted by atomic mass is 9.70. The topological polar surface area (TPSA) is 72.2 Å². The van der Waals surface area contributed by atoms with Gasteiger partial charge in [-0.05, 0) is 32.1 Å². The van der Waals surface area contributed by atoms with E-state index in [-0.39, 0.29) is 23.3 Å². The molecule has 1 rings (SSSR count). The lowest BCUT2D eigenvalue weighted by molar-refractivity contribution is -0.130. The summed E-state index contributed by atoms with van der Waals surface area (Å²) < 4.78 is 0. The minimum absolute atomic E-state index is 0.00285. The molecule has 3 N–H and O–H groups in total. The highest BCUT2D eigenvalue weighted by Gasteiger charge is 2.38. The van der Waals surface area contributed by atoms with E-state index in [2.05, 4.69) is 5.32 Å². The second-order valence-corrected chi connectivity index (χ2v) is 4.47. The SMILES string of the molecule is CCC1(C(N)=O)CCC(NC(C)=O)CC1. The lowest BCUT2D eigenvalue weighted by Crippen LogP contribution is -2.45. The quantitative estimate of drug-likeness (QED) is 0.731. The molecule has 86 valence electrons. The van der Waals surface area contributed by atoms with Gasteiger partial charge in [-0.15, -0.1) is 0 Å². The summed E-state index contributed by atoms with van der Waals surface area (Å²) in [5.74, 6) is -0.186. The van der Waals surface area contributed by atoms with Gasteiger partial charge >= 0.3 is 0 Å². The molecule has 1 saturated carbocycles. The molecule has 1 fully saturated rings. The van der Waals surface area contributed by atoms with Crippen LogP contribution in [0.15, 0.2) is 0 Å². The fourth-order valence-electron chi connectivity index (χ4n) is 2.38. The molecule has 4 heteroatoms.